The van der Waals surface area contributed by atoms with Crippen LogP contribution in [0.1, 0.15) is 12.5 Å². The van der Waals surface area contributed by atoms with Crippen molar-refractivity contribution >= 4 is 70.9 Å². The van der Waals surface area contributed by atoms with Gasteiger partial charge in [0.2, 0.25) is 5.91 Å². The Bertz CT molecular complexity index is 1600. The third kappa shape index (κ3) is 6.51. The molecule has 2 aromatic rings. The number of piperazine rings is 1. The van der Waals surface area contributed by atoms with Crippen LogP contribution in [0.4, 0.5) is 10.5 Å². The molecule has 5 rings (SSSR count). The number of β-lactam (4-membered cyclic amide) rings is 1. The molecule has 3 aliphatic rings. The van der Waals surface area contributed by atoms with E-state index in [1.807, 2.05) is 6.07 Å². The molecule has 0 aliphatic carbocycles. The summed E-state index contributed by atoms with van der Waals surface area (Å²) in [4.78, 5) is 85.9. The molecule has 3 aliphatic heterocycles. The fourth-order valence-electron chi connectivity index (χ4n) is 4.92. The van der Waals surface area contributed by atoms with E-state index in [1.54, 1.807) is 36.9 Å². The summed E-state index contributed by atoms with van der Waals surface area (Å²) in [5.74, 6) is -4.33. The van der Waals surface area contributed by atoms with Gasteiger partial charge in [-0.1, -0.05) is 17.8 Å². The minimum atomic E-state index is -1.28. The molecule has 0 radical (unpaired) electrons. The number of imide groups is 1. The maximum Gasteiger partial charge on any atom is 0.353 e. The molecule has 4 heterocycles. The van der Waals surface area contributed by atoms with Crippen molar-refractivity contribution in [3.8, 4) is 5.75 Å². The maximum absolute atomic E-state index is 13.5. The van der Waals surface area contributed by atoms with Crippen molar-refractivity contribution in [3.05, 3.63) is 70.4 Å². The van der Waals surface area contributed by atoms with E-state index in [2.05, 4.69) is 10.3 Å². The number of thioether (sulfide) groups is 2. The number of pyridine rings is 1. The Hall–Kier alpha value is -4.83. The number of fused-ring (bicyclic) bond motifs is 1. The van der Waals surface area contributed by atoms with Gasteiger partial charge in [0.15, 0.2) is 0 Å². The van der Waals surface area contributed by atoms with Crippen molar-refractivity contribution in [2.75, 3.05) is 36.8 Å². The Labute approximate surface area is 265 Å². The molecule has 2 fully saturated rings. The first-order chi connectivity index (χ1) is 21.6. The lowest BCUT2D eigenvalue weighted by Crippen LogP contribution is -2.71. The number of phenolic OH excluding ortho intramolecular Hbond substituents is 1. The van der Waals surface area contributed by atoms with Crippen LogP contribution < -0.4 is 10.2 Å². The number of aromatic nitrogens is 1. The summed E-state index contributed by atoms with van der Waals surface area (Å²) in [6.45, 7) is 1.43. The van der Waals surface area contributed by atoms with E-state index in [-0.39, 0.29) is 36.0 Å². The van der Waals surface area contributed by atoms with E-state index in [0.29, 0.717) is 11.4 Å². The quantitative estimate of drug-likeness (QED) is 0.264. The fourth-order valence-corrected chi connectivity index (χ4v) is 7.28. The van der Waals surface area contributed by atoms with E-state index in [1.165, 1.54) is 52.7 Å². The summed E-state index contributed by atoms with van der Waals surface area (Å²) in [5, 5.41) is 23.3. The van der Waals surface area contributed by atoms with Gasteiger partial charge in [-0.15, -0.1) is 11.8 Å². The summed E-state index contributed by atoms with van der Waals surface area (Å²) >= 11 is 2.47. The lowest BCUT2D eigenvalue weighted by atomic mass is 10.1. The standard InChI is InChI=1S/C29H28N6O8S2/c1-2-32-11-12-33(26(40)25(32)39)29(43)34(18-5-7-19(36)8-6-18)15-21(37)31-22-24(38)35-23(28(41)42)20(16-45-27(22)35)44-13-9-17-4-3-10-30-14-17/h3-10,13-14,22,27,36H,2,11-12,15-16H2,1H3,(H,31,37)(H,41,42)/b13-9-/t22?,27-/m0/s1. The van der Waals surface area contributed by atoms with E-state index in [0.717, 1.165) is 20.3 Å². The first kappa shape index (κ1) is 31.6. The Balaban J connectivity index is 1.29. The van der Waals surface area contributed by atoms with Crippen molar-refractivity contribution in [2.24, 2.45) is 0 Å². The number of hydrogen-bond acceptors (Lipinski definition) is 10. The monoisotopic (exact) mass is 652 g/mol. The molecule has 14 nitrogen and oxygen atoms in total. The van der Waals surface area contributed by atoms with Crippen LogP contribution in [0.25, 0.3) is 6.08 Å². The van der Waals surface area contributed by atoms with Gasteiger partial charge in [-0.05, 0) is 54.3 Å². The van der Waals surface area contributed by atoms with Gasteiger partial charge >= 0.3 is 23.8 Å². The molecule has 16 heteroatoms. The number of hydrogen-bond donors (Lipinski definition) is 3. The van der Waals surface area contributed by atoms with Gasteiger partial charge in [-0.3, -0.25) is 38.9 Å². The third-order valence-electron chi connectivity index (χ3n) is 7.22. The van der Waals surface area contributed by atoms with Gasteiger partial charge in [0, 0.05) is 48.4 Å². The summed E-state index contributed by atoms with van der Waals surface area (Å²) < 4.78 is 0. The minimum Gasteiger partial charge on any atom is -0.508 e. The molecule has 1 aromatic heterocycles. The summed E-state index contributed by atoms with van der Waals surface area (Å²) in [5.41, 5.74) is 0.827. The zero-order valence-corrected chi connectivity index (χ0v) is 25.5. The van der Waals surface area contributed by atoms with Crippen molar-refractivity contribution < 1.29 is 39.0 Å². The van der Waals surface area contributed by atoms with Crippen LogP contribution in [0, 0.1) is 0 Å². The number of carbonyl (C=O) groups is 6. The van der Waals surface area contributed by atoms with Gasteiger partial charge < -0.3 is 20.4 Å². The maximum atomic E-state index is 13.5. The van der Waals surface area contributed by atoms with Crippen molar-refractivity contribution in [1.82, 2.24) is 25.0 Å². The highest BCUT2D eigenvalue weighted by Gasteiger charge is 2.54. The van der Waals surface area contributed by atoms with Crippen molar-refractivity contribution in [1.29, 1.82) is 0 Å². The molecule has 0 spiro atoms. The van der Waals surface area contributed by atoms with E-state index in [4.69, 9.17) is 0 Å². The second-order valence-corrected chi connectivity index (χ2v) is 12.1. The number of nitrogens with zero attached hydrogens (tertiary/aromatic N) is 5. The van der Waals surface area contributed by atoms with Crippen LogP contribution in [0.5, 0.6) is 5.75 Å². The van der Waals surface area contributed by atoms with Gasteiger partial charge in [0.05, 0.1) is 0 Å². The van der Waals surface area contributed by atoms with Crippen LogP contribution >= 0.6 is 23.5 Å². The molecular formula is C29H28N6O8S2. The second kappa shape index (κ2) is 13.4. The number of likely N-dealkylation sites (N-methyl/N-ethyl adjacent to an activating group) is 1. The Morgan fingerprint density at radius 3 is 2.56 bits per heavy atom. The fraction of sp³-hybridized carbons (Fsp3) is 0.276. The van der Waals surface area contributed by atoms with Crippen LogP contribution in [-0.2, 0) is 24.0 Å². The van der Waals surface area contributed by atoms with Crippen LogP contribution in [0.15, 0.2) is 64.8 Å². The van der Waals surface area contributed by atoms with Gasteiger partial charge in [-0.25, -0.2) is 9.59 Å². The van der Waals surface area contributed by atoms with E-state index < -0.39 is 53.6 Å². The highest BCUT2D eigenvalue weighted by atomic mass is 32.2. The summed E-state index contributed by atoms with van der Waals surface area (Å²) in [6.07, 6.45) is 5.07. The van der Waals surface area contributed by atoms with Crippen molar-refractivity contribution in [3.63, 3.8) is 0 Å². The zero-order chi connectivity index (χ0) is 32.2. The third-order valence-corrected chi connectivity index (χ3v) is 9.58. The molecular weight excluding hydrogens is 624 g/mol. The number of nitrogens with one attached hydrogen (secondary N) is 1. The number of urea groups is 1. The molecule has 0 bridgehead atoms. The first-order valence-corrected chi connectivity index (χ1v) is 15.7. The van der Waals surface area contributed by atoms with Crippen LogP contribution in [0.3, 0.4) is 0 Å². The highest BCUT2D eigenvalue weighted by molar-refractivity contribution is 8.08. The number of aromatic hydroxyl groups is 1. The van der Waals surface area contributed by atoms with Crippen LogP contribution in [-0.4, -0.2) is 109 Å². The van der Waals surface area contributed by atoms with Gasteiger partial charge in [-0.2, -0.15) is 0 Å². The molecule has 3 N–H and O–H groups in total. The number of aliphatic carboxylic acids is 1. The van der Waals surface area contributed by atoms with E-state index >= 15 is 0 Å². The Morgan fingerprint density at radius 1 is 1.13 bits per heavy atom. The minimum absolute atomic E-state index is 0.0791. The number of amides is 6. The molecule has 0 saturated carbocycles. The number of benzene rings is 1. The number of phenols is 1. The molecule has 2 saturated heterocycles. The van der Waals surface area contributed by atoms with E-state index in [9.17, 15) is 39.0 Å². The summed E-state index contributed by atoms with van der Waals surface area (Å²) in [6, 6.07) is 6.97. The topological polar surface area (TPSA) is 181 Å². The number of anilines is 1. The Morgan fingerprint density at radius 2 is 1.89 bits per heavy atom. The predicted octanol–water partition coefficient (Wildman–Crippen LogP) is 1.50. The first-order valence-electron chi connectivity index (χ1n) is 13.8. The molecule has 2 atom stereocenters. The highest BCUT2D eigenvalue weighted by Crippen LogP contribution is 2.43. The number of carbonyl (C=O) groups excluding carboxylic acids is 5. The predicted molar refractivity (Wildman–Crippen MR) is 165 cm³/mol. The molecule has 6 amide bonds. The normalized spacial score (nSPS) is 19.8. The average Bonchev–Trinajstić information content (AvgIpc) is 3.04. The van der Waals surface area contributed by atoms with Gasteiger partial charge in [0.1, 0.15) is 29.4 Å². The Kier molecular flexibility index (Phi) is 9.43. The van der Waals surface area contributed by atoms with Crippen molar-refractivity contribution in [2.45, 2.75) is 18.3 Å². The SMILES string of the molecule is CCN1CCN(C(=O)N(CC(=O)NC2C(=O)N3C(C(=O)O)=C(S/C=C\c4cccnc4)CS[C@@H]23)c2ccc(O)cc2)C(=O)C1=O. The smallest absolute Gasteiger partial charge is 0.353 e. The largest absolute Gasteiger partial charge is 0.508 e. The molecule has 45 heavy (non-hydrogen) atoms. The lowest BCUT2D eigenvalue weighted by molar-refractivity contribution is -0.153. The molecule has 1 aromatic carbocycles. The summed E-state index contributed by atoms with van der Waals surface area (Å²) in [7, 11) is 0. The number of rotatable bonds is 9. The zero-order valence-electron chi connectivity index (χ0n) is 23.9. The van der Waals surface area contributed by atoms with Crippen LogP contribution in [0.2, 0.25) is 0 Å². The molecule has 1 unspecified atom stereocenters. The number of carboxylic acid groups (broad SMARTS) is 1. The molecule has 234 valence electrons. The lowest BCUT2D eigenvalue weighted by Gasteiger charge is -2.49. The average molecular weight is 653 g/mol. The number of carboxylic acids is 1. The van der Waals surface area contributed by atoms with Gasteiger partial charge in [0.25, 0.3) is 5.91 Å². The second-order valence-electron chi connectivity index (χ2n) is 9.97.